The van der Waals surface area contributed by atoms with E-state index < -0.39 is 5.82 Å². The van der Waals surface area contributed by atoms with Crippen LogP contribution in [0.4, 0.5) is 4.39 Å². The van der Waals surface area contributed by atoms with Crippen molar-refractivity contribution < 1.29 is 13.9 Å². The third kappa shape index (κ3) is 4.25. The van der Waals surface area contributed by atoms with Gasteiger partial charge in [-0.25, -0.2) is 4.39 Å². The number of nitrogens with zero attached hydrogens (tertiary/aromatic N) is 2. The Morgan fingerprint density at radius 3 is 2.83 bits per heavy atom. The Morgan fingerprint density at radius 2 is 2.00 bits per heavy atom. The van der Waals surface area contributed by atoms with Crippen molar-refractivity contribution in [3.8, 4) is 11.5 Å². The van der Waals surface area contributed by atoms with E-state index >= 15 is 0 Å². The molecule has 0 atom stereocenters. The van der Waals surface area contributed by atoms with Gasteiger partial charge in [-0.05, 0) is 72.0 Å². The van der Waals surface area contributed by atoms with Gasteiger partial charge in [0, 0.05) is 44.6 Å². The predicted molar refractivity (Wildman–Crippen MR) is 121 cm³/mol. The van der Waals surface area contributed by atoms with Crippen LogP contribution in [0.25, 0.3) is 10.9 Å². The maximum atomic E-state index is 13.7. The summed E-state index contributed by atoms with van der Waals surface area (Å²) in [6, 6.07) is 14.6. The fourth-order valence-corrected chi connectivity index (χ4v) is 3.57. The number of carbonyl (C=O) groups is 1. The molecule has 0 fully saturated rings. The molecular formula is C23H17FIN3O2. The molecule has 0 aliphatic carbocycles. The van der Waals surface area contributed by atoms with Crippen LogP contribution in [0.1, 0.15) is 21.5 Å². The minimum absolute atomic E-state index is 0.0747. The van der Waals surface area contributed by atoms with Gasteiger partial charge in [-0.1, -0.05) is 6.07 Å². The van der Waals surface area contributed by atoms with Gasteiger partial charge >= 0.3 is 0 Å². The van der Waals surface area contributed by atoms with E-state index in [2.05, 4.69) is 37.9 Å². The van der Waals surface area contributed by atoms with Gasteiger partial charge in [0.25, 0.3) is 5.91 Å². The van der Waals surface area contributed by atoms with Crippen molar-refractivity contribution in [2.24, 2.45) is 0 Å². The van der Waals surface area contributed by atoms with Crippen LogP contribution in [0.15, 0.2) is 67.1 Å². The molecule has 7 heteroatoms. The van der Waals surface area contributed by atoms with E-state index in [0.29, 0.717) is 28.2 Å². The molecule has 0 unspecified atom stereocenters. The summed E-state index contributed by atoms with van der Waals surface area (Å²) in [5, 5.41) is 3.64. The molecule has 4 aromatic rings. The average molecular weight is 513 g/mol. The number of carbonyl (C=O) groups excluding carboxylic acids is 1. The lowest BCUT2D eigenvalue weighted by atomic mass is 10.1. The second kappa shape index (κ2) is 8.74. The Labute approximate surface area is 186 Å². The van der Waals surface area contributed by atoms with Gasteiger partial charge in [0.15, 0.2) is 0 Å². The van der Waals surface area contributed by atoms with Crippen molar-refractivity contribution in [2.45, 2.75) is 13.5 Å². The number of hydrogen-bond acceptors (Lipinski definition) is 4. The normalized spacial score (nSPS) is 10.8. The Morgan fingerprint density at radius 1 is 1.13 bits per heavy atom. The fourth-order valence-electron chi connectivity index (χ4n) is 3.09. The molecule has 0 radical (unpaired) electrons. The number of rotatable bonds is 5. The molecule has 1 amide bonds. The summed E-state index contributed by atoms with van der Waals surface area (Å²) >= 11 is 2.24. The Bertz CT molecular complexity index is 1250. The third-order valence-corrected chi connectivity index (χ3v) is 5.38. The largest absolute Gasteiger partial charge is 0.456 e. The summed E-state index contributed by atoms with van der Waals surface area (Å²) < 4.78 is 21.0. The topological polar surface area (TPSA) is 64.1 Å². The molecule has 2 heterocycles. The molecule has 4 rings (SSSR count). The minimum atomic E-state index is -0.453. The molecule has 0 spiro atoms. The van der Waals surface area contributed by atoms with E-state index in [1.54, 1.807) is 24.4 Å². The SMILES string of the molecule is Cc1c(Oc2ccnc3cc(I)ccc23)cccc1C(=O)NCc1ccncc1F. The smallest absolute Gasteiger partial charge is 0.251 e. The van der Waals surface area contributed by atoms with Gasteiger partial charge in [-0.2, -0.15) is 0 Å². The second-order valence-electron chi connectivity index (χ2n) is 6.65. The van der Waals surface area contributed by atoms with Crippen molar-refractivity contribution in [3.05, 3.63) is 93.2 Å². The van der Waals surface area contributed by atoms with Gasteiger partial charge in [0.05, 0.1) is 11.7 Å². The van der Waals surface area contributed by atoms with Gasteiger partial charge in [-0.15, -0.1) is 0 Å². The lowest BCUT2D eigenvalue weighted by Crippen LogP contribution is -2.24. The maximum absolute atomic E-state index is 13.7. The summed E-state index contributed by atoms with van der Waals surface area (Å²) in [5.74, 6) is 0.480. The number of hydrogen-bond donors (Lipinski definition) is 1. The first-order chi connectivity index (χ1) is 14.5. The first-order valence-corrected chi connectivity index (χ1v) is 10.3. The highest BCUT2D eigenvalue weighted by atomic mass is 127. The summed E-state index contributed by atoms with van der Waals surface area (Å²) in [7, 11) is 0. The van der Waals surface area contributed by atoms with E-state index in [1.165, 1.54) is 12.3 Å². The molecule has 1 N–H and O–H groups in total. The minimum Gasteiger partial charge on any atom is -0.456 e. The molecule has 2 aromatic carbocycles. The average Bonchev–Trinajstić information content (AvgIpc) is 2.74. The number of benzene rings is 2. The highest BCUT2D eigenvalue weighted by molar-refractivity contribution is 14.1. The summed E-state index contributed by atoms with van der Waals surface area (Å²) in [6.07, 6.45) is 4.31. The zero-order valence-corrected chi connectivity index (χ0v) is 18.2. The van der Waals surface area contributed by atoms with E-state index in [9.17, 15) is 9.18 Å². The maximum Gasteiger partial charge on any atom is 0.251 e. The van der Waals surface area contributed by atoms with Crippen molar-refractivity contribution in [1.82, 2.24) is 15.3 Å². The molecule has 0 saturated carbocycles. The van der Waals surface area contributed by atoms with Gasteiger partial charge < -0.3 is 10.1 Å². The highest BCUT2D eigenvalue weighted by Gasteiger charge is 2.14. The summed E-state index contributed by atoms with van der Waals surface area (Å²) in [6.45, 7) is 1.90. The quantitative estimate of drug-likeness (QED) is 0.363. The van der Waals surface area contributed by atoms with Crippen LogP contribution < -0.4 is 10.1 Å². The number of pyridine rings is 2. The van der Waals surface area contributed by atoms with Crippen LogP contribution in [0.3, 0.4) is 0 Å². The second-order valence-corrected chi connectivity index (χ2v) is 7.90. The first kappa shape index (κ1) is 20.2. The van der Waals surface area contributed by atoms with E-state index in [-0.39, 0.29) is 12.5 Å². The molecule has 0 aliphatic heterocycles. The molecule has 30 heavy (non-hydrogen) atoms. The number of fused-ring (bicyclic) bond motifs is 1. The van der Waals surface area contributed by atoms with Crippen LogP contribution in [0, 0.1) is 16.3 Å². The van der Waals surface area contributed by atoms with Gasteiger partial charge in [0.2, 0.25) is 0 Å². The fraction of sp³-hybridized carbons (Fsp3) is 0.0870. The number of amides is 1. The number of nitrogens with one attached hydrogen (secondary N) is 1. The van der Waals surface area contributed by atoms with Crippen LogP contribution in [-0.2, 0) is 6.54 Å². The van der Waals surface area contributed by atoms with E-state index in [0.717, 1.165) is 20.7 Å². The number of aromatic nitrogens is 2. The highest BCUT2D eigenvalue weighted by Crippen LogP contribution is 2.32. The van der Waals surface area contributed by atoms with Crippen molar-refractivity contribution in [3.63, 3.8) is 0 Å². The van der Waals surface area contributed by atoms with E-state index in [4.69, 9.17) is 4.74 Å². The van der Waals surface area contributed by atoms with Crippen LogP contribution >= 0.6 is 22.6 Å². The van der Waals surface area contributed by atoms with Gasteiger partial charge in [-0.3, -0.25) is 14.8 Å². The van der Waals surface area contributed by atoms with Crippen molar-refractivity contribution in [2.75, 3.05) is 0 Å². The number of halogens is 2. The molecule has 0 bridgehead atoms. The van der Waals surface area contributed by atoms with Crippen LogP contribution in [0.2, 0.25) is 0 Å². The number of ether oxygens (including phenoxy) is 1. The first-order valence-electron chi connectivity index (χ1n) is 9.21. The lowest BCUT2D eigenvalue weighted by molar-refractivity contribution is 0.0949. The molecule has 5 nitrogen and oxygen atoms in total. The molecule has 150 valence electrons. The molecule has 0 saturated heterocycles. The monoisotopic (exact) mass is 513 g/mol. The van der Waals surface area contributed by atoms with Gasteiger partial charge in [0.1, 0.15) is 17.3 Å². The third-order valence-electron chi connectivity index (χ3n) is 4.71. The zero-order chi connectivity index (χ0) is 21.1. The standard InChI is InChI=1S/C23H17FIN3O2/c1-14-17(23(29)28-12-15-7-9-26-13-19(15)24)3-2-4-21(14)30-22-8-10-27-20-11-16(25)5-6-18(20)22/h2-11,13H,12H2,1H3,(H,28,29). The zero-order valence-electron chi connectivity index (χ0n) is 16.0. The summed E-state index contributed by atoms with van der Waals surface area (Å²) in [5.41, 5.74) is 2.38. The van der Waals surface area contributed by atoms with Crippen LogP contribution in [0.5, 0.6) is 11.5 Å². The Balaban J connectivity index is 1.58. The molecule has 2 aromatic heterocycles. The Kier molecular flexibility index (Phi) is 5.89. The van der Waals surface area contributed by atoms with Crippen molar-refractivity contribution >= 4 is 39.4 Å². The van der Waals surface area contributed by atoms with Crippen molar-refractivity contribution in [1.29, 1.82) is 0 Å². The Hall–Kier alpha value is -3.07. The molecular weight excluding hydrogens is 496 g/mol. The van der Waals surface area contributed by atoms with E-state index in [1.807, 2.05) is 31.2 Å². The van der Waals surface area contributed by atoms with Crippen LogP contribution in [-0.4, -0.2) is 15.9 Å². The predicted octanol–water partition coefficient (Wildman–Crippen LogP) is 5.40. The lowest BCUT2D eigenvalue weighted by Gasteiger charge is -2.14. The molecule has 0 aliphatic rings. The summed E-state index contributed by atoms with van der Waals surface area (Å²) in [4.78, 5) is 20.8.